The summed E-state index contributed by atoms with van der Waals surface area (Å²) in [5, 5.41) is 7.54. The first kappa shape index (κ1) is 20.9. The summed E-state index contributed by atoms with van der Waals surface area (Å²) < 4.78 is 0. The molecule has 2 aromatic rings. The van der Waals surface area contributed by atoms with E-state index in [1.807, 2.05) is 42.5 Å². The van der Waals surface area contributed by atoms with Crippen LogP contribution in [0.1, 0.15) is 62.2 Å². The average molecular weight is 430 g/mol. The Bertz CT molecular complexity index is 991. The molecule has 5 nitrogen and oxygen atoms in total. The first-order chi connectivity index (χ1) is 15.5. The van der Waals surface area contributed by atoms with Gasteiger partial charge in [0.25, 0.3) is 5.91 Å². The normalized spacial score (nSPS) is 28.4. The number of hydrazone groups is 1. The molecule has 0 aromatic heterocycles. The highest BCUT2D eigenvalue weighted by Gasteiger charge is 2.51. The molecule has 0 aliphatic heterocycles. The largest absolute Gasteiger partial charge is 0.350 e. The van der Waals surface area contributed by atoms with Gasteiger partial charge in [-0.15, -0.1) is 0 Å². The molecule has 166 valence electrons. The van der Waals surface area contributed by atoms with Crippen LogP contribution in [0.4, 0.5) is 0 Å². The third kappa shape index (κ3) is 4.47. The van der Waals surface area contributed by atoms with E-state index >= 15 is 0 Å². The molecule has 4 aliphatic carbocycles. The van der Waals surface area contributed by atoms with Crippen molar-refractivity contribution >= 4 is 17.5 Å². The summed E-state index contributed by atoms with van der Waals surface area (Å²) in [7, 11) is 0. The second-order valence-corrected chi connectivity index (χ2v) is 10.2. The molecule has 2 aromatic carbocycles. The number of rotatable bonds is 6. The molecule has 2 amide bonds. The van der Waals surface area contributed by atoms with Crippen molar-refractivity contribution in [1.29, 1.82) is 0 Å². The molecular weight excluding hydrogens is 398 g/mol. The summed E-state index contributed by atoms with van der Waals surface area (Å²) in [4.78, 5) is 25.2. The van der Waals surface area contributed by atoms with Gasteiger partial charge in [0.05, 0.1) is 6.42 Å². The SMILES string of the molecule is CC(CC(=O)NC12CC3CC(CC(C3)C1)C2)=NNC(=O)c1ccc(-c2ccccc2)cc1. The van der Waals surface area contributed by atoms with E-state index in [0.29, 0.717) is 11.3 Å². The first-order valence-electron chi connectivity index (χ1n) is 11.8. The minimum atomic E-state index is -0.273. The maximum Gasteiger partial charge on any atom is 0.271 e. The number of carbonyl (C=O) groups excluding carboxylic acids is 2. The standard InChI is InChI=1S/C27H31N3O2/c1-18(11-25(31)28-27-15-19-12-20(16-27)14-21(13-19)17-27)29-30-26(32)24-9-7-23(8-10-24)22-5-3-2-4-6-22/h2-10,19-21H,11-17H2,1H3,(H,28,31)(H,30,32). The van der Waals surface area contributed by atoms with Crippen LogP contribution in [0.25, 0.3) is 11.1 Å². The molecule has 0 unspecified atom stereocenters. The minimum absolute atomic E-state index is 0.00978. The van der Waals surface area contributed by atoms with Crippen LogP contribution in [-0.4, -0.2) is 23.1 Å². The zero-order valence-electron chi connectivity index (χ0n) is 18.6. The van der Waals surface area contributed by atoms with E-state index < -0.39 is 0 Å². The van der Waals surface area contributed by atoms with Gasteiger partial charge in [0.1, 0.15) is 0 Å². The van der Waals surface area contributed by atoms with Gasteiger partial charge >= 0.3 is 0 Å². The highest BCUT2D eigenvalue weighted by Crippen LogP contribution is 2.55. The van der Waals surface area contributed by atoms with Gasteiger partial charge in [0.15, 0.2) is 0 Å². The maximum atomic E-state index is 12.7. The van der Waals surface area contributed by atoms with E-state index in [-0.39, 0.29) is 23.8 Å². The zero-order valence-corrected chi connectivity index (χ0v) is 18.6. The molecule has 4 bridgehead atoms. The molecular formula is C27H31N3O2. The summed E-state index contributed by atoms with van der Waals surface area (Å²) in [6.07, 6.45) is 7.69. The zero-order chi connectivity index (χ0) is 22.1. The third-order valence-corrected chi connectivity index (χ3v) is 7.46. The van der Waals surface area contributed by atoms with Crippen LogP contribution < -0.4 is 10.7 Å². The van der Waals surface area contributed by atoms with Crippen LogP contribution in [-0.2, 0) is 4.79 Å². The molecule has 4 fully saturated rings. The van der Waals surface area contributed by atoms with Crippen molar-refractivity contribution in [3.63, 3.8) is 0 Å². The summed E-state index contributed by atoms with van der Waals surface area (Å²) in [5.74, 6) is 2.14. The Morgan fingerprint density at radius 3 is 2.03 bits per heavy atom. The fraction of sp³-hybridized carbons (Fsp3) is 0.444. The second kappa shape index (κ2) is 8.53. The Morgan fingerprint density at radius 1 is 0.875 bits per heavy atom. The Hall–Kier alpha value is -2.95. The van der Waals surface area contributed by atoms with E-state index in [1.54, 1.807) is 19.1 Å². The lowest BCUT2D eigenvalue weighted by molar-refractivity contribution is -0.125. The molecule has 0 radical (unpaired) electrons. The second-order valence-electron chi connectivity index (χ2n) is 10.2. The van der Waals surface area contributed by atoms with E-state index in [4.69, 9.17) is 0 Å². The van der Waals surface area contributed by atoms with Crippen molar-refractivity contribution in [2.45, 2.75) is 57.4 Å². The smallest absolute Gasteiger partial charge is 0.271 e. The lowest BCUT2D eigenvalue weighted by Crippen LogP contribution is -2.60. The van der Waals surface area contributed by atoms with Gasteiger partial charge in [0.2, 0.25) is 5.91 Å². The van der Waals surface area contributed by atoms with E-state index in [1.165, 1.54) is 19.3 Å². The van der Waals surface area contributed by atoms with Gasteiger partial charge < -0.3 is 5.32 Å². The van der Waals surface area contributed by atoms with Crippen LogP contribution in [0.15, 0.2) is 59.7 Å². The molecule has 0 spiro atoms. The van der Waals surface area contributed by atoms with Crippen LogP contribution in [0.5, 0.6) is 0 Å². The fourth-order valence-corrected chi connectivity index (χ4v) is 6.53. The summed E-state index contributed by atoms with van der Waals surface area (Å²) in [6, 6.07) is 17.5. The van der Waals surface area contributed by atoms with Gasteiger partial charge in [-0.3, -0.25) is 9.59 Å². The number of nitrogens with zero attached hydrogens (tertiary/aromatic N) is 1. The minimum Gasteiger partial charge on any atom is -0.350 e. The molecule has 4 aliphatic rings. The van der Waals surface area contributed by atoms with Crippen molar-refractivity contribution in [2.75, 3.05) is 0 Å². The topological polar surface area (TPSA) is 70.6 Å². The predicted octanol–water partition coefficient (Wildman–Crippen LogP) is 4.93. The fourth-order valence-electron chi connectivity index (χ4n) is 6.53. The number of benzene rings is 2. The Morgan fingerprint density at radius 2 is 1.44 bits per heavy atom. The summed E-state index contributed by atoms with van der Waals surface area (Å²) >= 11 is 0. The monoisotopic (exact) mass is 429 g/mol. The van der Waals surface area contributed by atoms with Crippen LogP contribution in [0.3, 0.4) is 0 Å². The average Bonchev–Trinajstić information content (AvgIpc) is 2.77. The van der Waals surface area contributed by atoms with Gasteiger partial charge in [-0.05, 0) is 86.5 Å². The maximum absolute atomic E-state index is 12.7. The molecule has 6 rings (SSSR count). The van der Waals surface area contributed by atoms with Gasteiger partial charge in [-0.25, -0.2) is 5.43 Å². The highest BCUT2D eigenvalue weighted by molar-refractivity contribution is 6.01. The number of nitrogens with one attached hydrogen (secondary N) is 2. The van der Waals surface area contributed by atoms with Crippen LogP contribution in [0.2, 0.25) is 0 Å². The molecule has 0 atom stereocenters. The number of carbonyl (C=O) groups is 2. The number of hydrogen-bond acceptors (Lipinski definition) is 3. The van der Waals surface area contributed by atoms with Crippen molar-refractivity contribution in [3.05, 3.63) is 60.2 Å². The van der Waals surface area contributed by atoms with Crippen LogP contribution in [0, 0.1) is 17.8 Å². The van der Waals surface area contributed by atoms with E-state index in [0.717, 1.165) is 48.1 Å². The Kier molecular flexibility index (Phi) is 5.58. The van der Waals surface area contributed by atoms with E-state index in [9.17, 15) is 9.59 Å². The quantitative estimate of drug-likeness (QED) is 0.505. The highest BCUT2D eigenvalue weighted by atomic mass is 16.2. The molecule has 0 heterocycles. The van der Waals surface area contributed by atoms with Crippen molar-refractivity contribution in [2.24, 2.45) is 22.9 Å². The van der Waals surface area contributed by atoms with Crippen LogP contribution >= 0.6 is 0 Å². The number of hydrogen-bond donors (Lipinski definition) is 2. The first-order valence-corrected chi connectivity index (χ1v) is 11.8. The molecule has 4 saturated carbocycles. The van der Waals surface area contributed by atoms with Gasteiger partial charge in [0, 0.05) is 16.8 Å². The predicted molar refractivity (Wildman–Crippen MR) is 126 cm³/mol. The van der Waals surface area contributed by atoms with Gasteiger partial charge in [-0.1, -0.05) is 42.5 Å². The van der Waals surface area contributed by atoms with E-state index in [2.05, 4.69) is 15.8 Å². The lowest BCUT2D eigenvalue weighted by atomic mass is 9.53. The Labute approximate surface area is 189 Å². The van der Waals surface area contributed by atoms with Crippen molar-refractivity contribution < 1.29 is 9.59 Å². The lowest BCUT2D eigenvalue weighted by Gasteiger charge is -2.56. The summed E-state index contributed by atoms with van der Waals surface area (Å²) in [5.41, 5.74) is 5.92. The molecule has 5 heteroatoms. The molecule has 0 saturated heterocycles. The van der Waals surface area contributed by atoms with Gasteiger partial charge in [-0.2, -0.15) is 5.10 Å². The Balaban J connectivity index is 1.14. The summed E-state index contributed by atoms with van der Waals surface area (Å²) in [6.45, 7) is 1.79. The van der Waals surface area contributed by atoms with Crippen molar-refractivity contribution in [1.82, 2.24) is 10.7 Å². The molecule has 2 N–H and O–H groups in total. The number of amides is 2. The third-order valence-electron chi connectivity index (χ3n) is 7.46. The molecule has 32 heavy (non-hydrogen) atoms. The van der Waals surface area contributed by atoms with Crippen molar-refractivity contribution in [3.8, 4) is 11.1 Å².